The minimum atomic E-state index is -0.639. The number of piperazine rings is 1. The van der Waals surface area contributed by atoms with E-state index in [1.165, 1.54) is 18.2 Å². The standard InChI is InChI=1S/C24H24F2N6O/c1-16-22(17-13-27-24(28-14-17)31-11-9-30(2)10-12-31)32-8-4-7-21(23(32)29-16)33-15-18-19(25)5-3-6-20(18)26/h3-8,13-14H,9-12,15H2,1-2H3. The Labute approximate surface area is 190 Å². The van der Waals surface area contributed by atoms with E-state index in [0.29, 0.717) is 17.3 Å². The Morgan fingerprint density at radius 1 is 0.970 bits per heavy atom. The van der Waals surface area contributed by atoms with Gasteiger partial charge in [-0.05, 0) is 38.2 Å². The quantitative estimate of drug-likeness (QED) is 0.462. The van der Waals surface area contributed by atoms with Gasteiger partial charge in [0.15, 0.2) is 11.4 Å². The molecule has 3 aromatic heterocycles. The van der Waals surface area contributed by atoms with E-state index in [4.69, 9.17) is 4.74 Å². The van der Waals surface area contributed by atoms with Crippen LogP contribution in [0, 0.1) is 18.6 Å². The molecule has 1 aliphatic heterocycles. The van der Waals surface area contributed by atoms with Crippen molar-refractivity contribution >= 4 is 11.6 Å². The number of pyridine rings is 1. The topological polar surface area (TPSA) is 58.8 Å². The van der Waals surface area contributed by atoms with E-state index in [9.17, 15) is 8.78 Å². The molecule has 4 aromatic rings. The molecule has 7 nitrogen and oxygen atoms in total. The summed E-state index contributed by atoms with van der Waals surface area (Å²) in [5.41, 5.74) is 2.90. The molecule has 0 atom stereocenters. The lowest BCUT2D eigenvalue weighted by atomic mass is 10.2. The fraction of sp³-hybridized carbons (Fsp3) is 0.292. The average Bonchev–Trinajstić information content (AvgIpc) is 3.16. The van der Waals surface area contributed by atoms with Crippen LogP contribution in [0.1, 0.15) is 11.3 Å². The molecule has 0 bridgehead atoms. The maximum Gasteiger partial charge on any atom is 0.225 e. The maximum atomic E-state index is 14.0. The minimum absolute atomic E-state index is 0.115. The SMILES string of the molecule is Cc1nc2c(OCc3c(F)cccc3F)cccn2c1-c1cnc(N2CCN(C)CC2)nc1. The predicted octanol–water partition coefficient (Wildman–Crippen LogP) is 3.71. The molecule has 1 fully saturated rings. The van der Waals surface area contributed by atoms with Crippen molar-refractivity contribution in [2.45, 2.75) is 13.5 Å². The Kier molecular flexibility index (Phi) is 5.63. The first-order valence-electron chi connectivity index (χ1n) is 10.8. The van der Waals surface area contributed by atoms with Crippen LogP contribution in [0.15, 0.2) is 48.9 Å². The maximum absolute atomic E-state index is 14.0. The molecule has 1 aliphatic rings. The summed E-state index contributed by atoms with van der Waals surface area (Å²) in [7, 11) is 2.11. The van der Waals surface area contributed by atoms with Crippen molar-refractivity contribution in [1.29, 1.82) is 0 Å². The molecule has 170 valence electrons. The van der Waals surface area contributed by atoms with Gasteiger partial charge in [-0.2, -0.15) is 0 Å². The molecule has 1 aromatic carbocycles. The molecule has 0 radical (unpaired) electrons. The first-order chi connectivity index (χ1) is 16.0. The largest absolute Gasteiger partial charge is 0.485 e. The van der Waals surface area contributed by atoms with Crippen molar-refractivity contribution in [1.82, 2.24) is 24.3 Å². The number of hydrogen-bond acceptors (Lipinski definition) is 6. The van der Waals surface area contributed by atoms with Crippen LogP contribution < -0.4 is 9.64 Å². The van der Waals surface area contributed by atoms with Gasteiger partial charge >= 0.3 is 0 Å². The highest BCUT2D eigenvalue weighted by Gasteiger charge is 2.19. The number of rotatable bonds is 5. The predicted molar refractivity (Wildman–Crippen MR) is 121 cm³/mol. The van der Waals surface area contributed by atoms with Crippen molar-refractivity contribution in [2.75, 3.05) is 38.1 Å². The fourth-order valence-electron chi connectivity index (χ4n) is 4.05. The minimum Gasteiger partial charge on any atom is -0.485 e. The molecule has 0 N–H and O–H groups in total. The van der Waals surface area contributed by atoms with Crippen LogP contribution in [0.4, 0.5) is 14.7 Å². The zero-order chi connectivity index (χ0) is 22.9. The van der Waals surface area contributed by atoms with Gasteiger partial charge in [0.2, 0.25) is 5.95 Å². The number of aryl methyl sites for hydroxylation is 1. The van der Waals surface area contributed by atoms with E-state index in [1.807, 2.05) is 23.6 Å². The van der Waals surface area contributed by atoms with Crippen LogP contribution in [0.25, 0.3) is 16.9 Å². The fourth-order valence-corrected chi connectivity index (χ4v) is 4.05. The second-order valence-corrected chi connectivity index (χ2v) is 8.16. The van der Waals surface area contributed by atoms with Crippen LogP contribution in [-0.2, 0) is 6.61 Å². The van der Waals surface area contributed by atoms with Gasteiger partial charge in [-0.25, -0.2) is 23.7 Å². The van der Waals surface area contributed by atoms with Gasteiger partial charge in [0.25, 0.3) is 0 Å². The van der Waals surface area contributed by atoms with E-state index in [2.05, 4.69) is 31.8 Å². The summed E-state index contributed by atoms with van der Waals surface area (Å²) < 4.78 is 35.6. The van der Waals surface area contributed by atoms with E-state index in [-0.39, 0.29) is 12.2 Å². The van der Waals surface area contributed by atoms with Crippen LogP contribution in [0.3, 0.4) is 0 Å². The Morgan fingerprint density at radius 3 is 2.36 bits per heavy atom. The molecular weight excluding hydrogens is 426 g/mol. The molecule has 9 heteroatoms. The van der Waals surface area contributed by atoms with Crippen molar-refractivity contribution < 1.29 is 13.5 Å². The number of anilines is 1. The second-order valence-electron chi connectivity index (χ2n) is 8.16. The number of halogens is 2. The number of fused-ring (bicyclic) bond motifs is 1. The molecule has 33 heavy (non-hydrogen) atoms. The molecule has 0 amide bonds. The number of benzene rings is 1. The number of likely N-dealkylation sites (N-methyl/N-ethyl adjacent to an activating group) is 1. The van der Waals surface area contributed by atoms with Crippen molar-refractivity contribution in [3.8, 4) is 17.0 Å². The lowest BCUT2D eigenvalue weighted by Gasteiger charge is -2.32. The summed E-state index contributed by atoms with van der Waals surface area (Å²) in [5.74, 6) is -0.127. The van der Waals surface area contributed by atoms with Crippen molar-refractivity contribution in [3.05, 3.63) is 71.8 Å². The Hall–Kier alpha value is -3.59. The van der Waals surface area contributed by atoms with Gasteiger partial charge in [-0.3, -0.25) is 4.40 Å². The highest BCUT2D eigenvalue weighted by molar-refractivity contribution is 5.69. The molecule has 0 spiro atoms. The molecule has 0 saturated carbocycles. The van der Waals surface area contributed by atoms with Gasteiger partial charge in [-0.1, -0.05) is 6.07 Å². The average molecular weight is 450 g/mol. The smallest absolute Gasteiger partial charge is 0.225 e. The number of aromatic nitrogens is 4. The summed E-state index contributed by atoms with van der Waals surface area (Å²) >= 11 is 0. The number of hydrogen-bond donors (Lipinski definition) is 0. The number of ether oxygens (including phenoxy) is 1. The van der Waals surface area contributed by atoms with Gasteiger partial charge in [-0.15, -0.1) is 0 Å². The van der Waals surface area contributed by atoms with Crippen LogP contribution in [-0.4, -0.2) is 57.5 Å². The molecule has 5 rings (SSSR count). The Morgan fingerprint density at radius 2 is 1.67 bits per heavy atom. The van der Waals surface area contributed by atoms with E-state index < -0.39 is 11.6 Å². The Bertz CT molecular complexity index is 1260. The van der Waals surface area contributed by atoms with Crippen molar-refractivity contribution in [2.24, 2.45) is 0 Å². The third-order valence-corrected chi connectivity index (χ3v) is 5.92. The highest BCUT2D eigenvalue weighted by atomic mass is 19.1. The van der Waals surface area contributed by atoms with Gasteiger partial charge in [0.05, 0.1) is 17.0 Å². The van der Waals surface area contributed by atoms with Gasteiger partial charge in [0.1, 0.15) is 18.2 Å². The zero-order valence-electron chi connectivity index (χ0n) is 18.5. The van der Waals surface area contributed by atoms with Crippen molar-refractivity contribution in [3.63, 3.8) is 0 Å². The molecular formula is C24H24F2N6O. The number of nitrogens with zero attached hydrogens (tertiary/aromatic N) is 6. The van der Waals surface area contributed by atoms with E-state index >= 15 is 0 Å². The molecule has 1 saturated heterocycles. The molecule has 0 aliphatic carbocycles. The van der Waals surface area contributed by atoms with Gasteiger partial charge in [0, 0.05) is 50.3 Å². The summed E-state index contributed by atoms with van der Waals surface area (Å²) in [5, 5.41) is 0. The third kappa shape index (κ3) is 4.11. The van der Waals surface area contributed by atoms with Crippen LogP contribution in [0.5, 0.6) is 5.75 Å². The summed E-state index contributed by atoms with van der Waals surface area (Å²) in [4.78, 5) is 18.3. The summed E-state index contributed by atoms with van der Waals surface area (Å²) in [6.07, 6.45) is 5.48. The first-order valence-corrected chi connectivity index (χ1v) is 10.8. The van der Waals surface area contributed by atoms with Crippen LogP contribution in [0.2, 0.25) is 0 Å². The second kappa shape index (κ2) is 8.74. The zero-order valence-corrected chi connectivity index (χ0v) is 18.5. The van der Waals surface area contributed by atoms with E-state index in [0.717, 1.165) is 43.1 Å². The lowest BCUT2D eigenvalue weighted by Crippen LogP contribution is -2.45. The molecule has 0 unspecified atom stereocenters. The monoisotopic (exact) mass is 450 g/mol. The molecule has 4 heterocycles. The first kappa shape index (κ1) is 21.3. The number of imidazole rings is 1. The third-order valence-electron chi connectivity index (χ3n) is 5.92. The summed E-state index contributed by atoms with van der Waals surface area (Å²) in [6.45, 7) is 5.43. The normalized spacial score (nSPS) is 14.7. The lowest BCUT2D eigenvalue weighted by molar-refractivity contribution is 0.294. The van der Waals surface area contributed by atoms with E-state index in [1.54, 1.807) is 18.5 Å². The van der Waals surface area contributed by atoms with Crippen LogP contribution >= 0.6 is 0 Å². The highest BCUT2D eigenvalue weighted by Crippen LogP contribution is 2.29. The van der Waals surface area contributed by atoms with Gasteiger partial charge < -0.3 is 14.5 Å². The summed E-state index contributed by atoms with van der Waals surface area (Å²) in [6, 6.07) is 7.30. The Balaban J connectivity index is 1.42.